The normalized spacial score (nSPS) is 22.0. The Morgan fingerprint density at radius 2 is 2.14 bits per heavy atom. The van der Waals surface area contributed by atoms with Gasteiger partial charge in [0.05, 0.1) is 0 Å². The van der Waals surface area contributed by atoms with Crippen molar-refractivity contribution in [1.29, 1.82) is 0 Å². The van der Waals surface area contributed by atoms with Gasteiger partial charge in [-0.2, -0.15) is 0 Å². The molecule has 22 heavy (non-hydrogen) atoms. The lowest BCUT2D eigenvalue weighted by Gasteiger charge is -2.35. The van der Waals surface area contributed by atoms with E-state index in [2.05, 4.69) is 4.98 Å². The molecule has 0 bridgehead atoms. The molecule has 116 valence electrons. The molecule has 1 amide bonds. The van der Waals surface area contributed by atoms with Crippen molar-refractivity contribution in [2.45, 2.75) is 25.8 Å². The number of fused-ring (bicyclic) bond motifs is 1. The molecule has 0 spiro atoms. The molecular weight excluding hydrogens is 304 g/mol. The Kier molecular flexibility index (Phi) is 3.83. The highest BCUT2D eigenvalue weighted by Crippen LogP contribution is 2.26. The molecule has 2 atom stereocenters. The third kappa shape index (κ3) is 2.68. The maximum absolute atomic E-state index is 12.7. The number of carbonyl (C=O) groups is 2. The summed E-state index contributed by atoms with van der Waals surface area (Å²) in [7, 11) is 0. The monoisotopic (exact) mass is 320 g/mol. The topological polar surface area (TPSA) is 73.4 Å². The molecule has 1 aliphatic heterocycles. The van der Waals surface area contributed by atoms with Gasteiger partial charge in [0.1, 0.15) is 11.7 Å². The minimum Gasteiger partial charge on any atom is -0.480 e. The summed E-state index contributed by atoms with van der Waals surface area (Å²) in [5.74, 6) is -0.905. The molecule has 0 saturated carbocycles. The fourth-order valence-electron chi connectivity index (χ4n) is 2.99. The molecule has 3 rings (SSSR count). The number of aromatic nitrogens is 1. The Labute approximate surface area is 132 Å². The number of likely N-dealkylation sites (tertiary alicyclic amines) is 1. The molecule has 2 unspecified atom stereocenters. The summed E-state index contributed by atoms with van der Waals surface area (Å²) in [5, 5.41) is 10.8. The highest BCUT2D eigenvalue weighted by atomic mass is 35.5. The number of H-pyrrole nitrogens is 1. The molecule has 0 aliphatic carbocycles. The second-order valence-corrected chi connectivity index (χ2v) is 6.33. The molecule has 5 nitrogen and oxygen atoms in total. The van der Waals surface area contributed by atoms with E-state index in [0.29, 0.717) is 29.6 Å². The van der Waals surface area contributed by atoms with Crippen LogP contribution in [-0.2, 0) is 4.79 Å². The van der Waals surface area contributed by atoms with Crippen LogP contribution in [0.2, 0.25) is 5.02 Å². The predicted octanol–water partition coefficient (Wildman–Crippen LogP) is 3.15. The van der Waals surface area contributed by atoms with Crippen LogP contribution in [0.3, 0.4) is 0 Å². The lowest BCUT2D eigenvalue weighted by molar-refractivity contribution is -0.144. The number of amides is 1. The number of halogens is 1. The smallest absolute Gasteiger partial charge is 0.326 e. The number of benzene rings is 1. The minimum absolute atomic E-state index is 0.272. The third-order valence-electron chi connectivity index (χ3n) is 4.23. The number of nitrogens with one attached hydrogen (secondary N) is 1. The van der Waals surface area contributed by atoms with Crippen molar-refractivity contribution in [2.24, 2.45) is 5.92 Å². The van der Waals surface area contributed by atoms with Gasteiger partial charge in [-0.25, -0.2) is 4.79 Å². The van der Waals surface area contributed by atoms with Gasteiger partial charge in [0.25, 0.3) is 5.91 Å². The molecule has 1 aromatic carbocycles. The first-order chi connectivity index (χ1) is 10.5. The molecule has 2 N–H and O–H groups in total. The van der Waals surface area contributed by atoms with Crippen LogP contribution in [0.25, 0.3) is 10.9 Å². The molecule has 1 aromatic heterocycles. The van der Waals surface area contributed by atoms with E-state index in [1.807, 2.05) is 13.0 Å². The van der Waals surface area contributed by atoms with Crippen molar-refractivity contribution in [2.75, 3.05) is 6.54 Å². The number of rotatable bonds is 2. The van der Waals surface area contributed by atoms with Crippen molar-refractivity contribution in [3.05, 3.63) is 35.0 Å². The van der Waals surface area contributed by atoms with E-state index in [4.69, 9.17) is 11.6 Å². The Hall–Kier alpha value is -2.01. The van der Waals surface area contributed by atoms with Gasteiger partial charge in [0.2, 0.25) is 0 Å². The molecule has 1 aliphatic rings. The lowest BCUT2D eigenvalue weighted by Crippen LogP contribution is -2.49. The van der Waals surface area contributed by atoms with Crippen molar-refractivity contribution >= 4 is 34.4 Å². The maximum Gasteiger partial charge on any atom is 0.326 e. The number of hydrogen-bond donors (Lipinski definition) is 2. The Balaban J connectivity index is 1.92. The van der Waals surface area contributed by atoms with E-state index >= 15 is 0 Å². The number of carbonyl (C=O) groups excluding carboxylic acids is 1. The predicted molar refractivity (Wildman–Crippen MR) is 84.2 cm³/mol. The summed E-state index contributed by atoms with van der Waals surface area (Å²) in [4.78, 5) is 28.6. The summed E-state index contributed by atoms with van der Waals surface area (Å²) in [6, 6.07) is 6.32. The van der Waals surface area contributed by atoms with E-state index in [0.717, 1.165) is 17.3 Å². The number of carboxylic acid groups (broad SMARTS) is 1. The Morgan fingerprint density at radius 3 is 2.86 bits per heavy atom. The second-order valence-electron chi connectivity index (χ2n) is 5.90. The number of aliphatic carboxylic acids is 1. The fraction of sp³-hybridized carbons (Fsp3) is 0.375. The van der Waals surface area contributed by atoms with Crippen LogP contribution in [0.4, 0.5) is 0 Å². The van der Waals surface area contributed by atoms with Crippen molar-refractivity contribution in [3.8, 4) is 0 Å². The zero-order valence-corrected chi connectivity index (χ0v) is 12.9. The summed E-state index contributed by atoms with van der Waals surface area (Å²) >= 11 is 5.94. The van der Waals surface area contributed by atoms with Crippen LogP contribution in [0.1, 0.15) is 30.3 Å². The first-order valence-electron chi connectivity index (χ1n) is 7.28. The third-order valence-corrected chi connectivity index (χ3v) is 4.46. The summed E-state index contributed by atoms with van der Waals surface area (Å²) < 4.78 is 0. The van der Waals surface area contributed by atoms with Gasteiger partial charge in [0.15, 0.2) is 0 Å². The number of aromatic amines is 1. The average Bonchev–Trinajstić information content (AvgIpc) is 2.89. The van der Waals surface area contributed by atoms with E-state index in [1.165, 1.54) is 4.90 Å². The van der Waals surface area contributed by atoms with Crippen LogP contribution in [0, 0.1) is 5.92 Å². The van der Waals surface area contributed by atoms with E-state index < -0.39 is 12.0 Å². The van der Waals surface area contributed by atoms with E-state index in [9.17, 15) is 14.7 Å². The molecule has 0 radical (unpaired) electrons. The average molecular weight is 321 g/mol. The van der Waals surface area contributed by atoms with Crippen LogP contribution in [0.5, 0.6) is 0 Å². The van der Waals surface area contributed by atoms with Gasteiger partial charge < -0.3 is 15.0 Å². The van der Waals surface area contributed by atoms with E-state index in [1.54, 1.807) is 18.2 Å². The van der Waals surface area contributed by atoms with Crippen molar-refractivity contribution in [1.82, 2.24) is 9.88 Å². The molecular formula is C16H17ClN2O3. The Bertz CT molecular complexity index is 740. The first-order valence-corrected chi connectivity index (χ1v) is 7.65. The van der Waals surface area contributed by atoms with Crippen LogP contribution in [-0.4, -0.2) is 39.5 Å². The first kappa shape index (κ1) is 14.9. The van der Waals surface area contributed by atoms with Gasteiger partial charge in [-0.05, 0) is 37.0 Å². The largest absolute Gasteiger partial charge is 0.480 e. The van der Waals surface area contributed by atoms with Gasteiger partial charge in [-0.3, -0.25) is 4.79 Å². The second kappa shape index (κ2) is 5.65. The maximum atomic E-state index is 12.7. The van der Waals surface area contributed by atoms with Gasteiger partial charge in [-0.1, -0.05) is 24.6 Å². The quantitative estimate of drug-likeness (QED) is 0.892. The summed E-state index contributed by atoms with van der Waals surface area (Å²) in [6.07, 6.45) is 1.31. The SMILES string of the molecule is CC1CCN(C(=O)c2cc3ccc(Cl)cc3[nH]2)C(C(=O)O)C1. The van der Waals surface area contributed by atoms with Gasteiger partial charge >= 0.3 is 5.97 Å². The standard InChI is InChI=1S/C16H17ClN2O3/c1-9-4-5-19(14(6-9)16(21)22)15(20)13-7-10-2-3-11(17)8-12(10)18-13/h2-3,7-9,14,18H,4-6H2,1H3,(H,21,22). The fourth-order valence-corrected chi connectivity index (χ4v) is 3.16. The summed E-state index contributed by atoms with van der Waals surface area (Å²) in [6.45, 7) is 2.48. The number of carboxylic acids is 1. The van der Waals surface area contributed by atoms with Crippen LogP contribution < -0.4 is 0 Å². The molecule has 1 saturated heterocycles. The van der Waals surface area contributed by atoms with Gasteiger partial charge in [0, 0.05) is 22.5 Å². The van der Waals surface area contributed by atoms with Crippen molar-refractivity contribution < 1.29 is 14.7 Å². The van der Waals surface area contributed by atoms with Crippen molar-refractivity contribution in [3.63, 3.8) is 0 Å². The zero-order chi connectivity index (χ0) is 15.9. The summed E-state index contributed by atoms with van der Waals surface area (Å²) in [5.41, 5.74) is 1.17. The highest BCUT2D eigenvalue weighted by molar-refractivity contribution is 6.31. The minimum atomic E-state index is -0.945. The zero-order valence-electron chi connectivity index (χ0n) is 12.2. The number of nitrogens with zero attached hydrogens (tertiary/aromatic N) is 1. The molecule has 2 aromatic rings. The Morgan fingerprint density at radius 1 is 1.36 bits per heavy atom. The van der Waals surface area contributed by atoms with Crippen LogP contribution in [0.15, 0.2) is 24.3 Å². The highest BCUT2D eigenvalue weighted by Gasteiger charge is 2.35. The van der Waals surface area contributed by atoms with Crippen LogP contribution >= 0.6 is 11.6 Å². The van der Waals surface area contributed by atoms with E-state index in [-0.39, 0.29) is 5.91 Å². The molecule has 1 fully saturated rings. The number of piperidine rings is 1. The number of hydrogen-bond acceptors (Lipinski definition) is 2. The lowest BCUT2D eigenvalue weighted by atomic mass is 9.92. The van der Waals surface area contributed by atoms with Gasteiger partial charge in [-0.15, -0.1) is 0 Å². The molecule has 2 heterocycles. The molecule has 6 heteroatoms.